The molecule has 0 unspecified atom stereocenters. The van der Waals surface area contributed by atoms with E-state index in [1.54, 1.807) is 25.9 Å². The smallest absolute Gasteiger partial charge is 0.320 e. The lowest BCUT2D eigenvalue weighted by Gasteiger charge is -2.13. The lowest BCUT2D eigenvalue weighted by Crippen LogP contribution is -2.32. The van der Waals surface area contributed by atoms with E-state index in [9.17, 15) is 4.79 Å². The summed E-state index contributed by atoms with van der Waals surface area (Å²) in [6.45, 7) is 1.64. The topological polar surface area (TPSA) is 92.6 Å². The molecule has 0 amide bonds. The second-order valence-corrected chi connectivity index (χ2v) is 1.98. The molecule has 0 rings (SSSR count). The molecular formula is C5H15N3O2. The van der Waals surface area contributed by atoms with Crippen LogP contribution in [0.4, 0.5) is 0 Å². The van der Waals surface area contributed by atoms with Gasteiger partial charge in [-0.3, -0.25) is 21.4 Å². The maximum Gasteiger partial charge on any atom is 0.320 e. The molecular weight excluding hydrogens is 134 g/mol. The van der Waals surface area contributed by atoms with Crippen LogP contribution in [0, 0.1) is 0 Å². The Morgan fingerprint density at radius 2 is 1.80 bits per heavy atom. The molecule has 0 aromatic rings. The van der Waals surface area contributed by atoms with Crippen molar-refractivity contribution in [3.05, 3.63) is 0 Å². The van der Waals surface area contributed by atoms with Crippen molar-refractivity contribution in [2.75, 3.05) is 14.1 Å². The number of carboxylic acid groups (broad SMARTS) is 1. The normalized spacial score (nSPS) is 11.8. The molecule has 10 heavy (non-hydrogen) atoms. The predicted molar refractivity (Wildman–Crippen MR) is 39.2 cm³/mol. The number of rotatable bonds is 2. The molecule has 0 aromatic heterocycles. The predicted octanol–water partition coefficient (Wildman–Crippen LogP) is -1.16. The summed E-state index contributed by atoms with van der Waals surface area (Å²) in [5.74, 6) is 7.22. The van der Waals surface area contributed by atoms with Gasteiger partial charge >= 0.3 is 5.97 Å². The van der Waals surface area contributed by atoms with Gasteiger partial charge in [0.2, 0.25) is 0 Å². The number of likely N-dealkylation sites (N-methyl/N-ethyl adjacent to an activating group) is 1. The zero-order chi connectivity index (χ0) is 8.73. The summed E-state index contributed by atoms with van der Waals surface area (Å²) < 4.78 is 0. The van der Waals surface area contributed by atoms with Crippen LogP contribution in [0.5, 0.6) is 0 Å². The molecule has 1 atom stereocenters. The quantitative estimate of drug-likeness (QED) is 0.340. The highest BCUT2D eigenvalue weighted by Crippen LogP contribution is 1.88. The van der Waals surface area contributed by atoms with E-state index in [4.69, 9.17) is 5.11 Å². The van der Waals surface area contributed by atoms with Crippen molar-refractivity contribution in [3.63, 3.8) is 0 Å². The summed E-state index contributed by atoms with van der Waals surface area (Å²) in [5, 5.41) is 8.31. The number of aliphatic carboxylic acids is 1. The Morgan fingerprint density at radius 3 is 1.80 bits per heavy atom. The molecule has 0 aliphatic rings. The molecule has 0 bridgehead atoms. The van der Waals surface area contributed by atoms with E-state index in [0.29, 0.717) is 0 Å². The Bertz CT molecular complexity index is 94.9. The molecule has 0 aromatic carbocycles. The maximum absolute atomic E-state index is 10.1. The van der Waals surface area contributed by atoms with Crippen molar-refractivity contribution in [1.29, 1.82) is 0 Å². The number of nitrogens with zero attached hydrogens (tertiary/aromatic N) is 1. The molecule has 62 valence electrons. The number of carbonyl (C=O) groups is 1. The first-order valence-electron chi connectivity index (χ1n) is 2.78. The van der Waals surface area contributed by atoms with Gasteiger partial charge in [-0.25, -0.2) is 0 Å². The number of hydrogen-bond donors (Lipinski definition) is 3. The molecule has 5 nitrogen and oxygen atoms in total. The van der Waals surface area contributed by atoms with Gasteiger partial charge in [0.05, 0.1) is 0 Å². The molecule has 0 saturated carbocycles. The fourth-order valence-corrected chi connectivity index (χ4v) is 0.221. The first-order valence-corrected chi connectivity index (χ1v) is 2.78. The van der Waals surface area contributed by atoms with Gasteiger partial charge in [0, 0.05) is 0 Å². The molecule has 5 heteroatoms. The van der Waals surface area contributed by atoms with Crippen LogP contribution in [-0.2, 0) is 4.79 Å². The lowest BCUT2D eigenvalue weighted by atomic mass is 10.3. The highest BCUT2D eigenvalue weighted by atomic mass is 16.4. The minimum atomic E-state index is -0.782. The van der Waals surface area contributed by atoms with Crippen LogP contribution >= 0.6 is 0 Å². The summed E-state index contributed by atoms with van der Waals surface area (Å²) >= 11 is 0. The second kappa shape index (κ2) is 6.47. The number of hydrogen-bond acceptors (Lipinski definition) is 4. The van der Waals surface area contributed by atoms with E-state index in [1.807, 2.05) is 0 Å². The van der Waals surface area contributed by atoms with Crippen molar-refractivity contribution in [2.24, 2.45) is 11.7 Å². The summed E-state index contributed by atoms with van der Waals surface area (Å²) in [6.07, 6.45) is 0. The van der Waals surface area contributed by atoms with E-state index in [2.05, 4.69) is 11.7 Å². The molecule has 0 aliphatic heterocycles. The molecule has 0 aliphatic carbocycles. The van der Waals surface area contributed by atoms with Crippen LogP contribution in [0.25, 0.3) is 0 Å². The summed E-state index contributed by atoms with van der Waals surface area (Å²) in [6, 6.07) is -0.380. The Labute approximate surface area is 60.6 Å². The molecule has 0 heterocycles. The van der Waals surface area contributed by atoms with Crippen LogP contribution in [0.15, 0.2) is 0 Å². The lowest BCUT2D eigenvalue weighted by molar-refractivity contribution is -0.141. The average Bonchev–Trinajstić information content (AvgIpc) is 1.90. The summed E-state index contributed by atoms with van der Waals surface area (Å²) in [7, 11) is 3.47. The third-order valence-corrected chi connectivity index (χ3v) is 1.13. The third kappa shape index (κ3) is 5.49. The van der Waals surface area contributed by atoms with Crippen LogP contribution in [-0.4, -0.2) is 36.1 Å². The molecule has 0 saturated heterocycles. The standard InChI is InChI=1S/C5H11NO2.H4N2/c1-4(5(7)8)6(2)3;1-2/h4H,1-3H3,(H,7,8);1-2H2/t4-;/m0./s1. The van der Waals surface area contributed by atoms with Crippen molar-refractivity contribution in [2.45, 2.75) is 13.0 Å². The SMILES string of the molecule is C[C@@H](C(=O)O)N(C)C.NN. The minimum Gasteiger partial charge on any atom is -0.480 e. The van der Waals surface area contributed by atoms with Crippen molar-refractivity contribution in [1.82, 2.24) is 4.90 Å². The highest BCUT2D eigenvalue weighted by molar-refractivity contribution is 5.72. The van der Waals surface area contributed by atoms with Gasteiger partial charge in [-0.05, 0) is 21.0 Å². The van der Waals surface area contributed by atoms with Crippen LogP contribution in [0.2, 0.25) is 0 Å². The highest BCUT2D eigenvalue weighted by Gasteiger charge is 2.11. The largest absolute Gasteiger partial charge is 0.480 e. The summed E-state index contributed by atoms with van der Waals surface area (Å²) in [5.41, 5.74) is 0. The van der Waals surface area contributed by atoms with E-state index in [-0.39, 0.29) is 6.04 Å². The van der Waals surface area contributed by atoms with E-state index < -0.39 is 5.97 Å². The van der Waals surface area contributed by atoms with Gasteiger partial charge in [-0.1, -0.05) is 0 Å². The van der Waals surface area contributed by atoms with Crippen LogP contribution < -0.4 is 11.7 Å². The molecule has 5 N–H and O–H groups in total. The Morgan fingerprint density at radius 1 is 1.50 bits per heavy atom. The number of hydrazine groups is 1. The Balaban J connectivity index is 0. The van der Waals surface area contributed by atoms with Gasteiger partial charge in [-0.15, -0.1) is 0 Å². The Kier molecular flexibility index (Phi) is 7.81. The monoisotopic (exact) mass is 149 g/mol. The third-order valence-electron chi connectivity index (χ3n) is 1.13. The van der Waals surface area contributed by atoms with Gasteiger partial charge in [0.15, 0.2) is 0 Å². The second-order valence-electron chi connectivity index (χ2n) is 1.98. The molecule has 0 radical (unpaired) electrons. The fourth-order valence-electron chi connectivity index (χ4n) is 0.221. The minimum absolute atomic E-state index is 0.380. The van der Waals surface area contributed by atoms with Crippen molar-refractivity contribution < 1.29 is 9.90 Å². The molecule has 0 spiro atoms. The van der Waals surface area contributed by atoms with Gasteiger partial charge in [-0.2, -0.15) is 0 Å². The fraction of sp³-hybridized carbons (Fsp3) is 0.800. The number of carboxylic acids is 1. The summed E-state index contributed by atoms with van der Waals surface area (Å²) in [4.78, 5) is 11.7. The van der Waals surface area contributed by atoms with Crippen molar-refractivity contribution >= 4 is 5.97 Å². The van der Waals surface area contributed by atoms with Crippen molar-refractivity contribution in [3.8, 4) is 0 Å². The van der Waals surface area contributed by atoms with Crippen LogP contribution in [0.3, 0.4) is 0 Å². The van der Waals surface area contributed by atoms with Crippen LogP contribution in [0.1, 0.15) is 6.92 Å². The average molecular weight is 149 g/mol. The van der Waals surface area contributed by atoms with E-state index in [1.165, 1.54) is 0 Å². The van der Waals surface area contributed by atoms with E-state index in [0.717, 1.165) is 0 Å². The zero-order valence-corrected chi connectivity index (χ0v) is 6.53. The molecule has 0 fully saturated rings. The first kappa shape index (κ1) is 12.1. The van der Waals surface area contributed by atoms with Gasteiger partial charge in [0.25, 0.3) is 0 Å². The van der Waals surface area contributed by atoms with Gasteiger partial charge in [0.1, 0.15) is 6.04 Å². The van der Waals surface area contributed by atoms with E-state index >= 15 is 0 Å². The maximum atomic E-state index is 10.1. The number of nitrogens with two attached hydrogens (primary N) is 2. The Hall–Kier alpha value is -0.650. The van der Waals surface area contributed by atoms with Gasteiger partial charge < -0.3 is 5.11 Å². The first-order chi connectivity index (χ1) is 4.55. The zero-order valence-electron chi connectivity index (χ0n) is 6.53.